The molecule has 1 aromatic rings. The van der Waals surface area contributed by atoms with Crippen LogP contribution in [0.5, 0.6) is 0 Å². The summed E-state index contributed by atoms with van der Waals surface area (Å²) in [4.78, 5) is 1.19. The molecular weight excluding hydrogens is 234 g/mol. The maximum Gasteiger partial charge on any atom is 0.0669 e. The van der Waals surface area contributed by atoms with Crippen LogP contribution >= 0.6 is 27.7 Å². The second-order valence-corrected chi connectivity index (χ2v) is 4.13. The van der Waals surface area contributed by atoms with E-state index in [1.807, 2.05) is 24.5 Å². The van der Waals surface area contributed by atoms with Gasteiger partial charge in [-0.05, 0) is 30.0 Å². The zero-order chi connectivity index (χ0) is 8.97. The first-order chi connectivity index (χ1) is 5.76. The Morgan fingerprint density at radius 1 is 1.50 bits per heavy atom. The largest absolute Gasteiger partial charge is 0.198 e. The van der Waals surface area contributed by atoms with Gasteiger partial charge in [0.25, 0.3) is 0 Å². The minimum Gasteiger partial charge on any atom is -0.198 e. The van der Waals surface area contributed by atoms with Crippen LogP contribution in [-0.4, -0.2) is 6.26 Å². The molecule has 0 amide bonds. The van der Waals surface area contributed by atoms with Gasteiger partial charge in [-0.25, -0.2) is 0 Å². The van der Waals surface area contributed by atoms with Gasteiger partial charge in [0.2, 0.25) is 0 Å². The first-order valence-electron chi connectivity index (χ1n) is 3.46. The molecule has 0 saturated carbocycles. The molecule has 0 spiro atoms. The van der Waals surface area contributed by atoms with Gasteiger partial charge in [-0.15, -0.1) is 11.8 Å². The first-order valence-corrected chi connectivity index (χ1v) is 5.48. The Morgan fingerprint density at radius 3 is 2.83 bits per heavy atom. The highest BCUT2D eigenvalue weighted by molar-refractivity contribution is 9.10. The Hall–Kier alpha value is -0.460. The van der Waals surface area contributed by atoms with Gasteiger partial charge in [0, 0.05) is 9.37 Å². The van der Waals surface area contributed by atoms with Crippen molar-refractivity contribution in [2.24, 2.45) is 0 Å². The molecule has 62 valence electrons. The number of halogens is 1. The van der Waals surface area contributed by atoms with Crippen LogP contribution in [0.2, 0.25) is 0 Å². The topological polar surface area (TPSA) is 23.8 Å². The van der Waals surface area contributed by atoms with Crippen LogP contribution in [0, 0.1) is 11.3 Å². The molecule has 0 aliphatic rings. The Balaban J connectivity index is 2.99. The summed E-state index contributed by atoms with van der Waals surface area (Å²) in [5, 5.41) is 8.50. The number of nitrogens with zero attached hydrogens (tertiary/aromatic N) is 1. The molecule has 3 heteroatoms. The van der Waals surface area contributed by atoms with E-state index in [1.54, 1.807) is 11.8 Å². The van der Waals surface area contributed by atoms with Gasteiger partial charge in [-0.3, -0.25) is 0 Å². The van der Waals surface area contributed by atoms with E-state index >= 15 is 0 Å². The first kappa shape index (κ1) is 9.63. The number of hydrogen-bond donors (Lipinski definition) is 0. The second kappa shape index (κ2) is 4.54. The molecule has 0 radical (unpaired) electrons. The fraction of sp³-hybridized carbons (Fsp3) is 0.222. The third-order valence-electron chi connectivity index (χ3n) is 1.45. The molecule has 0 unspecified atom stereocenters. The number of rotatable bonds is 2. The van der Waals surface area contributed by atoms with E-state index in [1.165, 1.54) is 4.90 Å². The van der Waals surface area contributed by atoms with Crippen LogP contribution in [0.3, 0.4) is 0 Å². The van der Waals surface area contributed by atoms with Crippen LogP contribution in [0.25, 0.3) is 0 Å². The molecule has 12 heavy (non-hydrogen) atoms. The van der Waals surface area contributed by atoms with Crippen LogP contribution in [0.15, 0.2) is 27.6 Å². The van der Waals surface area contributed by atoms with E-state index in [9.17, 15) is 0 Å². The monoisotopic (exact) mass is 241 g/mol. The van der Waals surface area contributed by atoms with E-state index < -0.39 is 0 Å². The smallest absolute Gasteiger partial charge is 0.0669 e. The molecule has 0 aromatic heterocycles. The Labute approximate surface area is 84.9 Å². The van der Waals surface area contributed by atoms with Gasteiger partial charge in [0.15, 0.2) is 0 Å². The third kappa shape index (κ3) is 2.54. The Bertz CT molecular complexity index is 317. The molecule has 0 heterocycles. The SMILES string of the molecule is CSc1cc(Br)cc(CC#N)c1. The van der Waals surface area contributed by atoms with Gasteiger partial charge < -0.3 is 0 Å². The van der Waals surface area contributed by atoms with Crippen molar-refractivity contribution in [3.8, 4) is 6.07 Å². The average molecular weight is 242 g/mol. The molecule has 0 saturated heterocycles. The minimum absolute atomic E-state index is 0.479. The molecule has 0 aliphatic carbocycles. The summed E-state index contributed by atoms with van der Waals surface area (Å²) in [6, 6.07) is 8.20. The van der Waals surface area contributed by atoms with Crippen LogP contribution in [0.1, 0.15) is 5.56 Å². The van der Waals surface area contributed by atoms with Gasteiger partial charge in [-0.2, -0.15) is 5.26 Å². The molecule has 1 nitrogen and oxygen atoms in total. The molecule has 1 aromatic carbocycles. The lowest BCUT2D eigenvalue weighted by molar-refractivity contribution is 1.22. The fourth-order valence-electron chi connectivity index (χ4n) is 0.932. The van der Waals surface area contributed by atoms with Crippen molar-refractivity contribution in [1.82, 2.24) is 0 Å². The summed E-state index contributed by atoms with van der Waals surface area (Å²) in [6.07, 6.45) is 2.50. The lowest BCUT2D eigenvalue weighted by Crippen LogP contribution is -1.82. The molecule has 1 rings (SSSR count). The summed E-state index contributed by atoms with van der Waals surface area (Å²) in [7, 11) is 0. The summed E-state index contributed by atoms with van der Waals surface area (Å²) in [5.74, 6) is 0. The van der Waals surface area contributed by atoms with Crippen molar-refractivity contribution in [1.29, 1.82) is 5.26 Å². The van der Waals surface area contributed by atoms with Crippen molar-refractivity contribution in [2.75, 3.05) is 6.26 Å². The molecule has 0 fully saturated rings. The third-order valence-corrected chi connectivity index (χ3v) is 2.61. The number of benzene rings is 1. The van der Waals surface area contributed by atoms with Gasteiger partial charge in [0.1, 0.15) is 0 Å². The Kier molecular flexibility index (Phi) is 3.64. The summed E-state index contributed by atoms with van der Waals surface area (Å²) >= 11 is 5.08. The van der Waals surface area contributed by atoms with Crippen molar-refractivity contribution < 1.29 is 0 Å². The maximum atomic E-state index is 8.50. The summed E-state index contributed by atoms with van der Waals surface area (Å²) in [6.45, 7) is 0. The number of nitriles is 1. The van der Waals surface area contributed by atoms with E-state index in [2.05, 4.69) is 22.0 Å². The van der Waals surface area contributed by atoms with Gasteiger partial charge in [0.05, 0.1) is 12.5 Å². The highest BCUT2D eigenvalue weighted by Crippen LogP contribution is 2.22. The highest BCUT2D eigenvalue weighted by Gasteiger charge is 1.97. The molecular formula is C9H8BrNS. The Morgan fingerprint density at radius 2 is 2.25 bits per heavy atom. The number of hydrogen-bond acceptors (Lipinski definition) is 2. The average Bonchev–Trinajstić information content (AvgIpc) is 2.04. The van der Waals surface area contributed by atoms with E-state index in [0.717, 1.165) is 10.0 Å². The molecule has 0 aliphatic heterocycles. The summed E-state index contributed by atoms with van der Waals surface area (Å²) < 4.78 is 1.04. The molecule has 0 atom stereocenters. The standard InChI is InChI=1S/C9H8BrNS/c1-12-9-5-7(2-3-11)4-8(10)6-9/h4-6H,2H2,1H3. The van der Waals surface area contributed by atoms with Crippen molar-refractivity contribution in [3.05, 3.63) is 28.2 Å². The van der Waals surface area contributed by atoms with Gasteiger partial charge >= 0.3 is 0 Å². The maximum absolute atomic E-state index is 8.50. The normalized spacial score (nSPS) is 9.42. The number of thioether (sulfide) groups is 1. The van der Waals surface area contributed by atoms with Crippen LogP contribution in [-0.2, 0) is 6.42 Å². The molecule has 0 bridgehead atoms. The summed E-state index contributed by atoms with van der Waals surface area (Å²) in [5.41, 5.74) is 1.07. The molecule has 0 N–H and O–H groups in total. The zero-order valence-electron chi connectivity index (χ0n) is 6.67. The predicted molar refractivity (Wildman–Crippen MR) is 55.2 cm³/mol. The lowest BCUT2D eigenvalue weighted by atomic mass is 10.2. The van der Waals surface area contributed by atoms with Crippen LogP contribution in [0.4, 0.5) is 0 Å². The quantitative estimate of drug-likeness (QED) is 0.743. The van der Waals surface area contributed by atoms with Crippen molar-refractivity contribution in [2.45, 2.75) is 11.3 Å². The minimum atomic E-state index is 0.479. The van der Waals surface area contributed by atoms with E-state index in [-0.39, 0.29) is 0 Å². The van der Waals surface area contributed by atoms with E-state index in [4.69, 9.17) is 5.26 Å². The van der Waals surface area contributed by atoms with Gasteiger partial charge in [-0.1, -0.05) is 15.9 Å². The fourth-order valence-corrected chi connectivity index (χ4v) is 2.14. The predicted octanol–water partition coefficient (Wildman–Crippen LogP) is 3.24. The van der Waals surface area contributed by atoms with E-state index in [0.29, 0.717) is 6.42 Å². The second-order valence-electron chi connectivity index (χ2n) is 2.33. The van der Waals surface area contributed by atoms with Crippen molar-refractivity contribution in [3.63, 3.8) is 0 Å². The lowest BCUT2D eigenvalue weighted by Gasteiger charge is -2.00. The highest BCUT2D eigenvalue weighted by atomic mass is 79.9. The zero-order valence-corrected chi connectivity index (χ0v) is 9.08. The van der Waals surface area contributed by atoms with Crippen molar-refractivity contribution >= 4 is 27.7 Å². The van der Waals surface area contributed by atoms with Crippen LogP contribution < -0.4 is 0 Å².